The first-order chi connectivity index (χ1) is 9.56. The van der Waals surface area contributed by atoms with Gasteiger partial charge in [-0.05, 0) is 36.4 Å². The van der Waals surface area contributed by atoms with E-state index in [0.717, 1.165) is 0 Å². The Labute approximate surface area is 124 Å². The summed E-state index contributed by atoms with van der Waals surface area (Å²) in [5.74, 6) is 0.225. The molecule has 0 aliphatic rings. The van der Waals surface area contributed by atoms with Gasteiger partial charge in [0.25, 0.3) is 0 Å². The van der Waals surface area contributed by atoms with Crippen molar-refractivity contribution in [3.8, 4) is 11.5 Å². The number of ether oxygens (including phenoxy) is 2. The second kappa shape index (κ2) is 6.05. The molecule has 0 aliphatic carbocycles. The Balaban J connectivity index is 2.45. The molecule has 0 saturated heterocycles. The van der Waals surface area contributed by atoms with Gasteiger partial charge in [-0.3, -0.25) is 4.79 Å². The van der Waals surface area contributed by atoms with E-state index in [4.69, 9.17) is 9.47 Å². The van der Waals surface area contributed by atoms with Crippen molar-refractivity contribution in [1.29, 1.82) is 0 Å². The number of benzene rings is 2. The quantitative estimate of drug-likeness (QED) is 0.794. The van der Waals surface area contributed by atoms with E-state index < -0.39 is 5.82 Å². The second-order valence-electron chi connectivity index (χ2n) is 4.02. The number of hydrogen-bond donors (Lipinski definition) is 0. The van der Waals surface area contributed by atoms with Crippen LogP contribution in [0.25, 0.3) is 0 Å². The summed E-state index contributed by atoms with van der Waals surface area (Å²) in [6.07, 6.45) is 0. The fraction of sp³-hybridized carbons (Fsp3) is 0.133. The molecule has 0 aromatic heterocycles. The highest BCUT2D eigenvalue weighted by Crippen LogP contribution is 2.29. The number of methoxy groups -OCH3 is 2. The minimum Gasteiger partial charge on any atom is -0.493 e. The third-order valence-electron chi connectivity index (χ3n) is 2.82. The van der Waals surface area contributed by atoms with Gasteiger partial charge in [0.05, 0.1) is 14.2 Å². The fourth-order valence-corrected chi connectivity index (χ4v) is 2.23. The number of carbonyl (C=O) groups is 1. The van der Waals surface area contributed by atoms with Gasteiger partial charge >= 0.3 is 0 Å². The summed E-state index contributed by atoms with van der Waals surface area (Å²) in [7, 11) is 3.01. The molecule has 104 valence electrons. The van der Waals surface area contributed by atoms with Gasteiger partial charge in [-0.15, -0.1) is 0 Å². The Kier molecular flexibility index (Phi) is 4.39. The minimum atomic E-state index is -0.461. The Morgan fingerprint density at radius 2 is 1.75 bits per heavy atom. The van der Waals surface area contributed by atoms with Gasteiger partial charge in [-0.2, -0.15) is 0 Å². The number of hydrogen-bond acceptors (Lipinski definition) is 3. The third-order valence-corrected chi connectivity index (χ3v) is 3.51. The van der Waals surface area contributed by atoms with Crippen LogP contribution in [-0.4, -0.2) is 20.0 Å². The summed E-state index contributed by atoms with van der Waals surface area (Å²) in [5, 5.41) is 0. The second-order valence-corrected chi connectivity index (χ2v) is 4.88. The maximum Gasteiger partial charge on any atom is 0.194 e. The Hall–Kier alpha value is -1.88. The van der Waals surface area contributed by atoms with E-state index in [1.165, 1.54) is 32.4 Å². The maximum atomic E-state index is 13.3. The van der Waals surface area contributed by atoms with Crippen LogP contribution in [0.2, 0.25) is 0 Å². The predicted molar refractivity (Wildman–Crippen MR) is 77.1 cm³/mol. The van der Waals surface area contributed by atoms with Gasteiger partial charge in [0, 0.05) is 15.6 Å². The number of carbonyl (C=O) groups excluding carboxylic acids is 1. The maximum absolute atomic E-state index is 13.3. The zero-order valence-electron chi connectivity index (χ0n) is 10.9. The smallest absolute Gasteiger partial charge is 0.194 e. The largest absolute Gasteiger partial charge is 0.493 e. The van der Waals surface area contributed by atoms with E-state index in [0.29, 0.717) is 21.5 Å². The van der Waals surface area contributed by atoms with E-state index in [1.54, 1.807) is 18.2 Å². The topological polar surface area (TPSA) is 35.5 Å². The molecule has 20 heavy (non-hydrogen) atoms. The lowest BCUT2D eigenvalue weighted by molar-refractivity contribution is 0.103. The molecule has 0 amide bonds. The highest BCUT2D eigenvalue weighted by molar-refractivity contribution is 9.10. The van der Waals surface area contributed by atoms with Gasteiger partial charge in [-0.25, -0.2) is 4.39 Å². The molecular weight excluding hydrogens is 327 g/mol. The summed E-state index contributed by atoms with van der Waals surface area (Å²) in [6, 6.07) is 8.81. The zero-order valence-corrected chi connectivity index (χ0v) is 12.5. The van der Waals surface area contributed by atoms with E-state index in [1.807, 2.05) is 0 Å². The molecule has 0 radical (unpaired) electrons. The third kappa shape index (κ3) is 2.82. The lowest BCUT2D eigenvalue weighted by Crippen LogP contribution is -2.04. The van der Waals surface area contributed by atoms with Gasteiger partial charge in [-0.1, -0.05) is 15.9 Å². The number of ketones is 1. The molecule has 0 spiro atoms. The molecule has 0 N–H and O–H groups in total. The van der Waals surface area contributed by atoms with Crippen LogP contribution in [0.5, 0.6) is 11.5 Å². The lowest BCUT2D eigenvalue weighted by atomic mass is 10.0. The van der Waals surface area contributed by atoms with Crippen LogP contribution >= 0.6 is 15.9 Å². The van der Waals surface area contributed by atoms with Gasteiger partial charge < -0.3 is 9.47 Å². The van der Waals surface area contributed by atoms with Crippen molar-refractivity contribution in [3.05, 3.63) is 57.8 Å². The SMILES string of the molecule is COc1ccc(C(=O)c2cc(F)ccc2Br)cc1OC. The zero-order chi connectivity index (χ0) is 14.7. The molecule has 3 nitrogen and oxygen atoms in total. The van der Waals surface area contributed by atoms with E-state index in [-0.39, 0.29) is 11.3 Å². The monoisotopic (exact) mass is 338 g/mol. The van der Waals surface area contributed by atoms with Crippen LogP contribution < -0.4 is 9.47 Å². The number of rotatable bonds is 4. The van der Waals surface area contributed by atoms with Crippen LogP contribution in [-0.2, 0) is 0 Å². The van der Waals surface area contributed by atoms with Crippen molar-refractivity contribution < 1.29 is 18.7 Å². The van der Waals surface area contributed by atoms with Crippen LogP contribution in [0.1, 0.15) is 15.9 Å². The summed E-state index contributed by atoms with van der Waals surface area (Å²) < 4.78 is 24.1. The lowest BCUT2D eigenvalue weighted by Gasteiger charge is -2.09. The molecule has 2 aromatic rings. The Morgan fingerprint density at radius 1 is 1.05 bits per heavy atom. The highest BCUT2D eigenvalue weighted by atomic mass is 79.9. The van der Waals surface area contributed by atoms with Crippen molar-refractivity contribution in [2.75, 3.05) is 14.2 Å². The first-order valence-corrected chi connectivity index (χ1v) is 6.58. The standard InChI is InChI=1S/C15H12BrFO3/c1-19-13-6-3-9(7-14(13)20-2)15(18)11-8-10(17)4-5-12(11)16/h3-8H,1-2H3. The summed E-state index contributed by atoms with van der Waals surface area (Å²) in [4.78, 5) is 12.4. The summed E-state index contributed by atoms with van der Waals surface area (Å²) in [6.45, 7) is 0. The Bertz CT molecular complexity index is 656. The first kappa shape index (κ1) is 14.5. The van der Waals surface area contributed by atoms with Crippen molar-refractivity contribution in [2.24, 2.45) is 0 Å². The number of halogens is 2. The van der Waals surface area contributed by atoms with Gasteiger partial charge in [0.2, 0.25) is 0 Å². The highest BCUT2D eigenvalue weighted by Gasteiger charge is 2.16. The average molecular weight is 339 g/mol. The molecule has 2 aromatic carbocycles. The molecule has 0 aliphatic heterocycles. The van der Waals surface area contributed by atoms with Crippen LogP contribution in [0.3, 0.4) is 0 Å². The van der Waals surface area contributed by atoms with Crippen molar-refractivity contribution in [1.82, 2.24) is 0 Å². The Morgan fingerprint density at radius 3 is 2.40 bits per heavy atom. The minimum absolute atomic E-state index is 0.261. The molecule has 0 atom stereocenters. The molecule has 0 saturated carbocycles. The normalized spacial score (nSPS) is 10.2. The molecule has 0 unspecified atom stereocenters. The molecule has 0 bridgehead atoms. The fourth-order valence-electron chi connectivity index (χ4n) is 1.80. The molecule has 0 heterocycles. The van der Waals surface area contributed by atoms with E-state index in [9.17, 15) is 9.18 Å². The molecule has 0 fully saturated rings. The van der Waals surface area contributed by atoms with Crippen molar-refractivity contribution in [3.63, 3.8) is 0 Å². The van der Waals surface area contributed by atoms with E-state index >= 15 is 0 Å². The van der Waals surface area contributed by atoms with Crippen LogP contribution in [0.15, 0.2) is 40.9 Å². The van der Waals surface area contributed by atoms with Crippen molar-refractivity contribution in [2.45, 2.75) is 0 Å². The average Bonchev–Trinajstić information content (AvgIpc) is 2.48. The van der Waals surface area contributed by atoms with Gasteiger partial charge in [0.15, 0.2) is 17.3 Å². The van der Waals surface area contributed by atoms with Crippen LogP contribution in [0, 0.1) is 5.82 Å². The van der Waals surface area contributed by atoms with Crippen LogP contribution in [0.4, 0.5) is 4.39 Å². The van der Waals surface area contributed by atoms with E-state index in [2.05, 4.69) is 15.9 Å². The molecular formula is C15H12BrFO3. The summed E-state index contributed by atoms with van der Waals surface area (Å²) >= 11 is 3.25. The molecule has 5 heteroatoms. The summed E-state index contributed by atoms with van der Waals surface area (Å²) in [5.41, 5.74) is 0.658. The first-order valence-electron chi connectivity index (χ1n) is 5.78. The van der Waals surface area contributed by atoms with Crippen molar-refractivity contribution >= 4 is 21.7 Å². The molecule has 2 rings (SSSR count). The van der Waals surface area contributed by atoms with Gasteiger partial charge in [0.1, 0.15) is 5.82 Å². The predicted octanol–water partition coefficient (Wildman–Crippen LogP) is 3.84.